The fourth-order valence-corrected chi connectivity index (χ4v) is 1.47. The minimum absolute atomic E-state index is 0.0854. The van der Waals surface area contributed by atoms with Crippen molar-refractivity contribution < 1.29 is 14.3 Å². The molecule has 0 radical (unpaired) electrons. The topological polar surface area (TPSA) is 67.4 Å². The Labute approximate surface area is 135 Å². The first kappa shape index (κ1) is 17.9. The molecular weight excluding hydrogens is 304 g/mol. The average molecular weight is 323 g/mol. The molecule has 0 saturated heterocycles. The fraction of sp³-hybridized carbons (Fsp3) is 0.375. The monoisotopic (exact) mass is 322 g/mol. The molecule has 0 aliphatic heterocycles. The van der Waals surface area contributed by atoms with E-state index in [4.69, 9.17) is 16.3 Å². The van der Waals surface area contributed by atoms with Crippen LogP contribution >= 0.6 is 11.6 Å². The van der Waals surface area contributed by atoms with E-state index < -0.39 is 11.7 Å². The molecule has 0 unspecified atom stereocenters. The first-order valence-corrected chi connectivity index (χ1v) is 7.25. The number of halogens is 1. The second-order valence-corrected chi connectivity index (χ2v) is 5.68. The zero-order valence-corrected chi connectivity index (χ0v) is 13.6. The molecule has 22 heavy (non-hydrogen) atoms. The molecule has 0 heterocycles. The lowest BCUT2D eigenvalue weighted by Gasteiger charge is -2.18. The molecule has 0 saturated carbocycles. The Balaban J connectivity index is 2.45. The predicted molar refractivity (Wildman–Crippen MR) is 86.9 cm³/mol. The van der Waals surface area contributed by atoms with Crippen molar-refractivity contribution in [3.8, 4) is 11.8 Å². The lowest BCUT2D eigenvalue weighted by molar-refractivity contribution is -0.113. The summed E-state index contributed by atoms with van der Waals surface area (Å²) < 4.78 is 5.08. The van der Waals surface area contributed by atoms with Crippen molar-refractivity contribution >= 4 is 29.3 Å². The number of nitrogens with one attached hydrogen (secondary N) is 2. The Morgan fingerprint density at radius 2 is 1.86 bits per heavy atom. The van der Waals surface area contributed by atoms with E-state index in [1.54, 1.807) is 45.0 Å². The Bertz CT molecular complexity index is 580. The number of anilines is 1. The van der Waals surface area contributed by atoms with Crippen LogP contribution in [0, 0.1) is 11.8 Å². The van der Waals surface area contributed by atoms with Gasteiger partial charge in [-0.3, -0.25) is 4.79 Å². The van der Waals surface area contributed by atoms with Crippen molar-refractivity contribution in [3.63, 3.8) is 0 Å². The number of rotatable bonds is 3. The van der Waals surface area contributed by atoms with Gasteiger partial charge in [0.25, 0.3) is 0 Å². The zero-order valence-electron chi connectivity index (χ0n) is 12.8. The van der Waals surface area contributed by atoms with E-state index in [2.05, 4.69) is 22.5 Å². The third-order valence-corrected chi connectivity index (χ3v) is 2.49. The number of ether oxygens (including phenoxy) is 1. The highest BCUT2D eigenvalue weighted by Gasteiger charge is 2.14. The smallest absolute Gasteiger partial charge is 0.408 e. The van der Waals surface area contributed by atoms with E-state index in [9.17, 15) is 9.59 Å². The van der Waals surface area contributed by atoms with Crippen molar-refractivity contribution in [2.45, 2.75) is 26.4 Å². The minimum Gasteiger partial charge on any atom is -0.444 e. The van der Waals surface area contributed by atoms with Crippen LogP contribution in [0.2, 0.25) is 0 Å². The largest absolute Gasteiger partial charge is 0.444 e. The molecular formula is C16H19ClN2O3. The molecule has 1 rings (SSSR count). The van der Waals surface area contributed by atoms with Crippen LogP contribution in [-0.4, -0.2) is 30.0 Å². The molecule has 0 aliphatic carbocycles. The molecule has 1 aromatic carbocycles. The van der Waals surface area contributed by atoms with Crippen molar-refractivity contribution in [3.05, 3.63) is 29.8 Å². The maximum Gasteiger partial charge on any atom is 0.408 e. The predicted octanol–water partition coefficient (Wildman–Crippen LogP) is 2.74. The van der Waals surface area contributed by atoms with Crippen LogP contribution < -0.4 is 10.6 Å². The lowest BCUT2D eigenvalue weighted by atomic mass is 10.2. The van der Waals surface area contributed by atoms with Gasteiger partial charge in [-0.25, -0.2) is 4.79 Å². The highest BCUT2D eigenvalue weighted by atomic mass is 35.5. The van der Waals surface area contributed by atoms with E-state index >= 15 is 0 Å². The van der Waals surface area contributed by atoms with Crippen LogP contribution in [0.4, 0.5) is 10.5 Å². The maximum atomic E-state index is 11.4. The number of benzene rings is 1. The molecule has 0 spiro atoms. The van der Waals surface area contributed by atoms with Gasteiger partial charge in [-0.15, -0.1) is 11.6 Å². The number of alkyl carbamates (subject to hydrolysis) is 1. The molecule has 6 heteroatoms. The van der Waals surface area contributed by atoms with Gasteiger partial charge in [0.1, 0.15) is 11.5 Å². The van der Waals surface area contributed by atoms with Gasteiger partial charge in [0, 0.05) is 11.3 Å². The van der Waals surface area contributed by atoms with E-state index in [0.717, 1.165) is 5.56 Å². The number of carbonyl (C=O) groups excluding carboxylic acids is 2. The number of alkyl halides is 1. The van der Waals surface area contributed by atoms with Crippen LogP contribution in [0.3, 0.4) is 0 Å². The van der Waals surface area contributed by atoms with E-state index in [0.29, 0.717) is 5.69 Å². The van der Waals surface area contributed by atoms with E-state index in [1.165, 1.54) is 0 Å². The molecule has 0 aromatic heterocycles. The van der Waals surface area contributed by atoms with Crippen LogP contribution in [0.5, 0.6) is 0 Å². The van der Waals surface area contributed by atoms with Crippen molar-refractivity contribution in [2.24, 2.45) is 0 Å². The summed E-state index contributed by atoms with van der Waals surface area (Å²) in [4.78, 5) is 22.5. The lowest BCUT2D eigenvalue weighted by Crippen LogP contribution is -2.32. The highest BCUT2D eigenvalue weighted by Crippen LogP contribution is 2.09. The third-order valence-electron chi connectivity index (χ3n) is 2.24. The molecule has 0 atom stereocenters. The van der Waals surface area contributed by atoms with Crippen LogP contribution in [0.1, 0.15) is 26.3 Å². The molecule has 5 nitrogen and oxygen atoms in total. The van der Waals surface area contributed by atoms with Gasteiger partial charge in [0.15, 0.2) is 0 Å². The van der Waals surface area contributed by atoms with Crippen LogP contribution in [0.25, 0.3) is 0 Å². The molecule has 0 fully saturated rings. The first-order valence-electron chi connectivity index (χ1n) is 6.72. The van der Waals surface area contributed by atoms with Crippen molar-refractivity contribution in [2.75, 3.05) is 17.7 Å². The van der Waals surface area contributed by atoms with Gasteiger partial charge in [-0.2, -0.15) is 0 Å². The normalized spacial score (nSPS) is 10.2. The van der Waals surface area contributed by atoms with Crippen molar-refractivity contribution in [1.29, 1.82) is 0 Å². The SMILES string of the molecule is CC(C)(C)OC(=O)NCC#Cc1ccc(NC(=O)CCl)cc1. The maximum absolute atomic E-state index is 11.4. The van der Waals surface area contributed by atoms with Crippen LogP contribution in [-0.2, 0) is 9.53 Å². The first-order chi connectivity index (χ1) is 10.3. The summed E-state index contributed by atoms with van der Waals surface area (Å²) in [5.41, 5.74) is 0.902. The van der Waals surface area contributed by atoms with Gasteiger partial charge in [-0.05, 0) is 45.0 Å². The molecule has 2 amide bonds. The Hall–Kier alpha value is -2.19. The summed E-state index contributed by atoms with van der Waals surface area (Å²) in [5, 5.41) is 5.18. The summed E-state index contributed by atoms with van der Waals surface area (Å²) in [6.45, 7) is 5.58. The fourth-order valence-electron chi connectivity index (χ4n) is 1.41. The molecule has 118 valence electrons. The minimum atomic E-state index is -0.527. The highest BCUT2D eigenvalue weighted by molar-refractivity contribution is 6.29. The second-order valence-electron chi connectivity index (χ2n) is 5.42. The summed E-state index contributed by atoms with van der Waals surface area (Å²) in [6, 6.07) is 7.00. The second kappa shape index (κ2) is 8.30. The van der Waals surface area contributed by atoms with Gasteiger partial charge >= 0.3 is 6.09 Å². The summed E-state index contributed by atoms with van der Waals surface area (Å²) in [5.74, 6) is 5.37. The molecule has 1 aromatic rings. The molecule has 0 aliphatic rings. The Kier molecular flexibility index (Phi) is 6.74. The van der Waals surface area contributed by atoms with Crippen LogP contribution in [0.15, 0.2) is 24.3 Å². The molecule has 0 bridgehead atoms. The van der Waals surface area contributed by atoms with E-state index in [-0.39, 0.29) is 18.3 Å². The van der Waals surface area contributed by atoms with E-state index in [1.807, 2.05) is 0 Å². The number of hydrogen-bond acceptors (Lipinski definition) is 3. The summed E-state index contributed by atoms with van der Waals surface area (Å²) in [7, 11) is 0. The van der Waals surface area contributed by atoms with Crippen molar-refractivity contribution in [1.82, 2.24) is 5.32 Å². The van der Waals surface area contributed by atoms with Gasteiger partial charge < -0.3 is 15.4 Å². The van der Waals surface area contributed by atoms with Gasteiger partial charge in [-0.1, -0.05) is 11.8 Å². The third kappa shape index (κ3) is 7.55. The molecule has 2 N–H and O–H groups in total. The zero-order chi connectivity index (χ0) is 16.6. The number of hydrogen-bond donors (Lipinski definition) is 2. The Morgan fingerprint density at radius 1 is 1.23 bits per heavy atom. The quantitative estimate of drug-likeness (QED) is 0.664. The summed E-state index contributed by atoms with van der Waals surface area (Å²) in [6.07, 6.45) is -0.499. The Morgan fingerprint density at radius 3 is 2.41 bits per heavy atom. The van der Waals surface area contributed by atoms with Gasteiger partial charge in [0.05, 0.1) is 6.54 Å². The average Bonchev–Trinajstić information content (AvgIpc) is 2.43. The van der Waals surface area contributed by atoms with Gasteiger partial charge in [0.2, 0.25) is 5.91 Å². The number of amides is 2. The standard InChI is InChI=1S/C16H19ClN2O3/c1-16(2,3)22-15(21)18-10-4-5-12-6-8-13(9-7-12)19-14(20)11-17/h6-9H,10-11H2,1-3H3,(H,18,21)(H,19,20). The number of carbonyl (C=O) groups is 2. The summed E-state index contributed by atoms with van der Waals surface area (Å²) >= 11 is 5.40.